The van der Waals surface area contributed by atoms with E-state index in [4.69, 9.17) is 14.0 Å². The molecule has 0 spiro atoms. The molecule has 3 rings (SSSR count). The Hall–Kier alpha value is -3.46. The van der Waals surface area contributed by atoms with Gasteiger partial charge < -0.3 is 24.6 Å². The molecular weight excluding hydrogens is 406 g/mol. The van der Waals surface area contributed by atoms with E-state index in [2.05, 4.69) is 15.8 Å². The second-order valence-electron chi connectivity index (χ2n) is 6.18. The lowest BCUT2D eigenvalue weighted by molar-refractivity contribution is -0.113. The lowest BCUT2D eigenvalue weighted by Crippen LogP contribution is -2.15. The van der Waals surface area contributed by atoms with Crippen molar-refractivity contribution in [3.8, 4) is 11.5 Å². The molecule has 156 valence electrons. The van der Waals surface area contributed by atoms with Crippen LogP contribution in [-0.4, -0.2) is 36.9 Å². The number of ether oxygens (including phenoxy) is 2. The number of carbonyl (C=O) groups excluding carboxylic acids is 2. The van der Waals surface area contributed by atoms with Crippen LogP contribution in [0.2, 0.25) is 0 Å². The Morgan fingerprint density at radius 3 is 2.27 bits per heavy atom. The quantitative estimate of drug-likeness (QED) is 0.524. The number of nitrogens with zero attached hydrogens (tertiary/aromatic N) is 1. The summed E-state index contributed by atoms with van der Waals surface area (Å²) in [5.74, 6) is 1.56. The van der Waals surface area contributed by atoms with E-state index in [1.165, 1.54) is 26.0 Å². The van der Waals surface area contributed by atoms with E-state index in [0.29, 0.717) is 34.3 Å². The maximum absolute atomic E-state index is 12.7. The van der Waals surface area contributed by atoms with Crippen LogP contribution in [0.5, 0.6) is 11.5 Å². The first-order valence-corrected chi connectivity index (χ1v) is 9.97. The van der Waals surface area contributed by atoms with Gasteiger partial charge in [0.15, 0.2) is 5.82 Å². The lowest BCUT2D eigenvalue weighted by Gasteiger charge is -2.13. The molecule has 0 aliphatic heterocycles. The summed E-state index contributed by atoms with van der Waals surface area (Å²) in [6, 6.07) is 14.0. The van der Waals surface area contributed by atoms with Gasteiger partial charge in [0.05, 0.1) is 20.0 Å². The van der Waals surface area contributed by atoms with Crippen molar-refractivity contribution in [2.24, 2.45) is 0 Å². The van der Waals surface area contributed by atoms with Gasteiger partial charge in [-0.05, 0) is 43.3 Å². The number of rotatable bonds is 8. The number of aryl methyl sites for hydroxylation is 1. The number of carbonyl (C=O) groups is 2. The van der Waals surface area contributed by atoms with Crippen LogP contribution in [0.25, 0.3) is 0 Å². The van der Waals surface area contributed by atoms with E-state index in [-0.39, 0.29) is 17.6 Å². The number of hydrogen-bond acceptors (Lipinski definition) is 7. The molecule has 9 heteroatoms. The van der Waals surface area contributed by atoms with Gasteiger partial charge in [0, 0.05) is 16.6 Å². The van der Waals surface area contributed by atoms with Crippen molar-refractivity contribution in [3.63, 3.8) is 0 Å². The highest BCUT2D eigenvalue weighted by atomic mass is 32.2. The van der Waals surface area contributed by atoms with Crippen LogP contribution in [-0.2, 0) is 4.79 Å². The summed E-state index contributed by atoms with van der Waals surface area (Å²) >= 11 is 1.37. The Balaban J connectivity index is 1.58. The third-order valence-electron chi connectivity index (χ3n) is 4.03. The molecule has 0 fully saturated rings. The minimum atomic E-state index is -0.341. The predicted octanol–water partition coefficient (Wildman–Crippen LogP) is 3.98. The second kappa shape index (κ2) is 9.84. The summed E-state index contributed by atoms with van der Waals surface area (Å²) in [4.78, 5) is 25.6. The van der Waals surface area contributed by atoms with Crippen molar-refractivity contribution in [1.29, 1.82) is 0 Å². The highest BCUT2D eigenvalue weighted by Gasteiger charge is 2.18. The topological polar surface area (TPSA) is 103 Å². The van der Waals surface area contributed by atoms with E-state index >= 15 is 0 Å². The summed E-state index contributed by atoms with van der Waals surface area (Å²) in [5.41, 5.74) is 0.931. The fourth-order valence-corrected chi connectivity index (χ4v) is 3.35. The van der Waals surface area contributed by atoms with E-state index in [9.17, 15) is 9.59 Å². The van der Waals surface area contributed by atoms with E-state index < -0.39 is 0 Å². The molecule has 3 aromatic rings. The van der Waals surface area contributed by atoms with Gasteiger partial charge >= 0.3 is 0 Å². The number of aromatic nitrogens is 1. The Kier molecular flexibility index (Phi) is 6.97. The first-order chi connectivity index (χ1) is 14.5. The molecule has 2 N–H and O–H groups in total. The number of hydrogen-bond donors (Lipinski definition) is 2. The molecule has 0 unspecified atom stereocenters. The number of amides is 2. The molecular formula is C21H21N3O5S. The smallest absolute Gasteiger partial charge is 0.263 e. The average Bonchev–Trinajstić information content (AvgIpc) is 3.16. The zero-order chi connectivity index (χ0) is 21.5. The Morgan fingerprint density at radius 1 is 1.03 bits per heavy atom. The first kappa shape index (κ1) is 21.3. The van der Waals surface area contributed by atoms with Crippen LogP contribution in [0.4, 0.5) is 11.5 Å². The Bertz CT molecular complexity index is 1010. The highest BCUT2D eigenvalue weighted by Crippen LogP contribution is 2.29. The normalized spacial score (nSPS) is 10.4. The number of anilines is 2. The largest absolute Gasteiger partial charge is 0.496 e. The molecule has 8 nitrogen and oxygen atoms in total. The Labute approximate surface area is 177 Å². The molecule has 30 heavy (non-hydrogen) atoms. The lowest BCUT2D eigenvalue weighted by atomic mass is 10.1. The third kappa shape index (κ3) is 5.32. The van der Waals surface area contributed by atoms with E-state index in [0.717, 1.165) is 4.90 Å². The van der Waals surface area contributed by atoms with Gasteiger partial charge in [0.1, 0.15) is 22.8 Å². The molecule has 0 radical (unpaired) electrons. The monoisotopic (exact) mass is 427 g/mol. The fraction of sp³-hybridized carbons (Fsp3) is 0.190. The minimum absolute atomic E-state index is 0.186. The standard InChI is InChI=1S/C21H21N3O5S/c1-13-11-18(24-29-13)23-19(25)12-30-15-9-7-14(8-10-15)22-21(26)20-16(27-2)5-4-6-17(20)28-3/h4-11H,12H2,1-3H3,(H,22,26)(H,23,24,25). The van der Waals surface area contributed by atoms with Crippen LogP contribution < -0.4 is 20.1 Å². The van der Waals surface area contributed by atoms with Gasteiger partial charge in [-0.2, -0.15) is 0 Å². The number of thioether (sulfide) groups is 1. The van der Waals surface area contributed by atoms with Crippen LogP contribution in [0.3, 0.4) is 0 Å². The molecule has 0 bridgehead atoms. The molecule has 0 atom stereocenters. The van der Waals surface area contributed by atoms with Gasteiger partial charge in [-0.15, -0.1) is 11.8 Å². The zero-order valence-corrected chi connectivity index (χ0v) is 17.5. The molecule has 2 aromatic carbocycles. The third-order valence-corrected chi connectivity index (χ3v) is 5.04. The van der Waals surface area contributed by atoms with Crippen LogP contribution in [0, 0.1) is 6.92 Å². The van der Waals surface area contributed by atoms with Crippen LogP contribution >= 0.6 is 11.8 Å². The summed E-state index contributed by atoms with van der Waals surface area (Å²) in [6.45, 7) is 1.75. The molecule has 1 aromatic heterocycles. The van der Waals surface area contributed by atoms with Crippen molar-refractivity contribution in [3.05, 3.63) is 59.9 Å². The van der Waals surface area contributed by atoms with Crippen LogP contribution in [0.1, 0.15) is 16.1 Å². The van der Waals surface area contributed by atoms with Crippen LogP contribution in [0.15, 0.2) is 57.9 Å². The van der Waals surface area contributed by atoms with Gasteiger partial charge in [-0.1, -0.05) is 11.2 Å². The highest BCUT2D eigenvalue weighted by molar-refractivity contribution is 8.00. The summed E-state index contributed by atoms with van der Waals surface area (Å²) in [6.07, 6.45) is 0. The summed E-state index contributed by atoms with van der Waals surface area (Å²) < 4.78 is 15.5. The number of benzene rings is 2. The maximum Gasteiger partial charge on any atom is 0.263 e. The van der Waals surface area contributed by atoms with Crippen molar-refractivity contribution >= 4 is 35.1 Å². The SMILES string of the molecule is COc1cccc(OC)c1C(=O)Nc1ccc(SCC(=O)Nc2cc(C)on2)cc1. The summed E-state index contributed by atoms with van der Waals surface area (Å²) in [7, 11) is 3.00. The maximum atomic E-state index is 12.7. The van der Waals surface area contributed by atoms with Crippen molar-refractivity contribution in [2.75, 3.05) is 30.6 Å². The van der Waals surface area contributed by atoms with Gasteiger partial charge in [-0.3, -0.25) is 9.59 Å². The molecule has 0 saturated heterocycles. The Morgan fingerprint density at radius 2 is 1.70 bits per heavy atom. The first-order valence-electron chi connectivity index (χ1n) is 8.98. The van der Waals surface area contributed by atoms with E-state index in [1.54, 1.807) is 43.3 Å². The zero-order valence-electron chi connectivity index (χ0n) is 16.7. The molecule has 0 aliphatic rings. The fourth-order valence-electron chi connectivity index (χ4n) is 2.66. The van der Waals surface area contributed by atoms with Crippen molar-refractivity contribution in [2.45, 2.75) is 11.8 Å². The molecule has 0 aliphatic carbocycles. The van der Waals surface area contributed by atoms with Crippen molar-refractivity contribution in [1.82, 2.24) is 5.16 Å². The predicted molar refractivity (Wildman–Crippen MR) is 115 cm³/mol. The second-order valence-corrected chi connectivity index (χ2v) is 7.22. The van der Waals surface area contributed by atoms with E-state index in [1.807, 2.05) is 12.1 Å². The van der Waals surface area contributed by atoms with Gasteiger partial charge in [-0.25, -0.2) is 0 Å². The molecule has 2 amide bonds. The summed E-state index contributed by atoms with van der Waals surface area (Å²) in [5, 5.41) is 9.22. The van der Waals surface area contributed by atoms with Gasteiger partial charge in [0.25, 0.3) is 5.91 Å². The average molecular weight is 427 g/mol. The van der Waals surface area contributed by atoms with Gasteiger partial charge in [0.2, 0.25) is 5.91 Å². The molecule has 0 saturated carbocycles. The number of nitrogens with one attached hydrogen (secondary N) is 2. The number of methoxy groups -OCH3 is 2. The van der Waals surface area contributed by atoms with Crippen molar-refractivity contribution < 1.29 is 23.6 Å². The molecule has 1 heterocycles. The minimum Gasteiger partial charge on any atom is -0.496 e.